The van der Waals surface area contributed by atoms with E-state index in [0.29, 0.717) is 11.1 Å². The zero-order chi connectivity index (χ0) is 27.2. The molecule has 0 aliphatic carbocycles. The Morgan fingerprint density at radius 1 is 0.949 bits per heavy atom. The second-order valence-corrected chi connectivity index (χ2v) is 12.9. The molecule has 0 radical (unpaired) electrons. The van der Waals surface area contributed by atoms with Crippen LogP contribution in [0.4, 0.5) is 11.4 Å². The van der Waals surface area contributed by atoms with Gasteiger partial charge < -0.3 is 15.6 Å². The van der Waals surface area contributed by atoms with Crippen LogP contribution in [0, 0.1) is 0 Å². The summed E-state index contributed by atoms with van der Waals surface area (Å²) >= 11 is 6.64. The zero-order valence-electron chi connectivity index (χ0n) is 23.3. The van der Waals surface area contributed by atoms with Crippen molar-refractivity contribution in [2.24, 2.45) is 0 Å². The number of aromatic amines is 1. The van der Waals surface area contributed by atoms with E-state index in [1.165, 1.54) is 29.7 Å². The zero-order valence-corrected chi connectivity index (χ0v) is 24.1. The Balaban J connectivity index is 1.22. The molecule has 202 valence electrons. The predicted octanol–water partition coefficient (Wildman–Crippen LogP) is 7.81. The fourth-order valence-electron chi connectivity index (χ4n) is 6.75. The number of benzene rings is 3. The van der Waals surface area contributed by atoms with Crippen LogP contribution in [0.1, 0.15) is 51.7 Å². The van der Waals surface area contributed by atoms with E-state index in [4.69, 9.17) is 11.6 Å². The van der Waals surface area contributed by atoms with Gasteiger partial charge in [0, 0.05) is 47.1 Å². The third-order valence-electron chi connectivity index (χ3n) is 8.14. The fourth-order valence-corrected chi connectivity index (χ4v) is 6.96. The number of hydrogen-bond donors (Lipinski definition) is 3. The van der Waals surface area contributed by atoms with Crippen molar-refractivity contribution in [3.8, 4) is 22.6 Å². The van der Waals surface area contributed by atoms with E-state index in [0.717, 1.165) is 47.8 Å². The maximum Gasteiger partial charge on any atom is 0.139 e. The third-order valence-corrected chi connectivity index (χ3v) is 8.47. The van der Waals surface area contributed by atoms with E-state index in [1.54, 1.807) is 0 Å². The third kappa shape index (κ3) is 5.62. The van der Waals surface area contributed by atoms with Gasteiger partial charge in [0.1, 0.15) is 5.82 Å². The Hall–Kier alpha value is -3.12. The minimum Gasteiger partial charge on any atom is -0.355 e. The van der Waals surface area contributed by atoms with Crippen molar-refractivity contribution in [3.05, 3.63) is 89.1 Å². The molecule has 1 saturated heterocycles. The van der Waals surface area contributed by atoms with Crippen molar-refractivity contribution in [1.29, 1.82) is 0 Å². The summed E-state index contributed by atoms with van der Waals surface area (Å²) in [5, 5.41) is 8.21. The standard InChI is InChI=1S/C33H38ClN5/c1-32(2)18-25(19-33(3,4)38-32)39-16-15-26-23(21-39)11-8-12-29(26)36-24-13-14-28(34)27(17-24)31-35-20-30(37-31)22-9-6-5-7-10-22/h5-14,17,20,25,36,38H,15-16,18-19,21H2,1-4H3,(H,35,37). The molecule has 3 aromatic carbocycles. The first kappa shape index (κ1) is 26.1. The van der Waals surface area contributed by atoms with Crippen molar-refractivity contribution in [2.75, 3.05) is 11.9 Å². The van der Waals surface area contributed by atoms with Crippen molar-refractivity contribution in [2.45, 2.75) is 70.6 Å². The van der Waals surface area contributed by atoms with E-state index in [2.05, 4.69) is 89.6 Å². The monoisotopic (exact) mass is 539 g/mol. The molecule has 6 heteroatoms. The van der Waals surface area contributed by atoms with Gasteiger partial charge in [0.05, 0.1) is 16.9 Å². The highest BCUT2D eigenvalue weighted by Crippen LogP contribution is 2.37. The fraction of sp³-hybridized carbons (Fsp3) is 0.364. The Morgan fingerprint density at radius 2 is 1.72 bits per heavy atom. The van der Waals surface area contributed by atoms with Crippen LogP contribution in [-0.4, -0.2) is 38.5 Å². The molecule has 0 bridgehead atoms. The number of nitrogens with one attached hydrogen (secondary N) is 3. The van der Waals surface area contributed by atoms with E-state index >= 15 is 0 Å². The average Bonchev–Trinajstić information content (AvgIpc) is 3.39. The number of piperidine rings is 1. The summed E-state index contributed by atoms with van der Waals surface area (Å²) < 4.78 is 0. The van der Waals surface area contributed by atoms with Crippen molar-refractivity contribution in [3.63, 3.8) is 0 Å². The van der Waals surface area contributed by atoms with E-state index < -0.39 is 0 Å². The first-order valence-corrected chi connectivity index (χ1v) is 14.4. The summed E-state index contributed by atoms with van der Waals surface area (Å²) in [4.78, 5) is 10.8. The first-order chi connectivity index (χ1) is 18.7. The molecule has 2 aliphatic rings. The summed E-state index contributed by atoms with van der Waals surface area (Å²) in [5.41, 5.74) is 8.29. The van der Waals surface area contributed by atoms with Gasteiger partial charge in [-0.1, -0.05) is 54.1 Å². The highest BCUT2D eigenvalue weighted by atomic mass is 35.5. The molecular formula is C33H38ClN5. The Kier molecular flexibility index (Phi) is 6.78. The van der Waals surface area contributed by atoms with E-state index in [9.17, 15) is 0 Å². The lowest BCUT2D eigenvalue weighted by atomic mass is 9.78. The van der Waals surface area contributed by atoms with E-state index in [-0.39, 0.29) is 11.1 Å². The van der Waals surface area contributed by atoms with E-state index in [1.807, 2.05) is 36.5 Å². The van der Waals surface area contributed by atoms with Crippen LogP contribution < -0.4 is 10.6 Å². The largest absolute Gasteiger partial charge is 0.355 e. The molecule has 3 N–H and O–H groups in total. The lowest BCUT2D eigenvalue weighted by molar-refractivity contribution is 0.0582. The summed E-state index contributed by atoms with van der Waals surface area (Å²) in [6.07, 6.45) is 5.26. The van der Waals surface area contributed by atoms with Gasteiger partial charge >= 0.3 is 0 Å². The van der Waals surface area contributed by atoms with Crippen LogP contribution in [0.5, 0.6) is 0 Å². The Labute approximate surface area is 237 Å². The van der Waals surface area contributed by atoms with Gasteiger partial charge in [-0.25, -0.2) is 4.98 Å². The van der Waals surface area contributed by atoms with Gasteiger partial charge in [0.2, 0.25) is 0 Å². The van der Waals surface area contributed by atoms with Crippen molar-refractivity contribution >= 4 is 23.0 Å². The minimum atomic E-state index is 0.151. The van der Waals surface area contributed by atoms with Crippen LogP contribution in [0.2, 0.25) is 5.02 Å². The molecule has 1 aromatic heterocycles. The molecule has 0 amide bonds. The van der Waals surface area contributed by atoms with Gasteiger partial charge in [-0.05, 0) is 87.9 Å². The number of H-pyrrole nitrogens is 1. The van der Waals surface area contributed by atoms with Crippen molar-refractivity contribution < 1.29 is 0 Å². The highest BCUT2D eigenvalue weighted by Gasteiger charge is 2.40. The smallest absolute Gasteiger partial charge is 0.139 e. The lowest BCUT2D eigenvalue weighted by Crippen LogP contribution is -2.62. The molecule has 0 saturated carbocycles. The normalized spacial score (nSPS) is 19.0. The maximum atomic E-state index is 6.64. The molecule has 3 heterocycles. The molecule has 0 unspecified atom stereocenters. The van der Waals surface area contributed by atoms with Crippen LogP contribution in [0.25, 0.3) is 22.6 Å². The molecule has 0 atom stereocenters. The molecule has 4 aromatic rings. The van der Waals surface area contributed by atoms with Crippen LogP contribution in [0.15, 0.2) is 72.9 Å². The average molecular weight is 540 g/mol. The summed E-state index contributed by atoms with van der Waals surface area (Å²) in [7, 11) is 0. The number of anilines is 2. The number of aromatic nitrogens is 2. The molecule has 39 heavy (non-hydrogen) atoms. The summed E-state index contributed by atoms with van der Waals surface area (Å²) in [6.45, 7) is 11.4. The molecule has 5 nitrogen and oxygen atoms in total. The van der Waals surface area contributed by atoms with Crippen LogP contribution >= 0.6 is 11.6 Å². The van der Waals surface area contributed by atoms with Crippen molar-refractivity contribution in [1.82, 2.24) is 20.2 Å². The number of rotatable bonds is 5. The summed E-state index contributed by atoms with van der Waals surface area (Å²) in [5.74, 6) is 0.765. The minimum absolute atomic E-state index is 0.151. The second kappa shape index (κ2) is 10.1. The number of hydrogen-bond acceptors (Lipinski definition) is 4. The maximum absolute atomic E-state index is 6.64. The van der Waals surface area contributed by atoms with Crippen LogP contribution in [-0.2, 0) is 13.0 Å². The van der Waals surface area contributed by atoms with Gasteiger partial charge in [0.25, 0.3) is 0 Å². The van der Waals surface area contributed by atoms with Gasteiger partial charge in [0.15, 0.2) is 0 Å². The highest BCUT2D eigenvalue weighted by molar-refractivity contribution is 6.33. The number of halogens is 1. The molecule has 0 spiro atoms. The number of nitrogens with zero attached hydrogens (tertiary/aromatic N) is 2. The number of imidazole rings is 1. The first-order valence-electron chi connectivity index (χ1n) is 14.0. The molecule has 2 aliphatic heterocycles. The number of fused-ring (bicyclic) bond motifs is 1. The Bertz CT molecular complexity index is 1460. The lowest BCUT2D eigenvalue weighted by Gasteiger charge is -2.50. The predicted molar refractivity (Wildman–Crippen MR) is 163 cm³/mol. The van der Waals surface area contributed by atoms with Crippen LogP contribution in [0.3, 0.4) is 0 Å². The van der Waals surface area contributed by atoms with Gasteiger partial charge in [-0.3, -0.25) is 4.90 Å². The SMILES string of the molecule is CC1(C)CC(N2CCc3c(cccc3Nc3ccc(Cl)c(-c4ncc(-c5ccccc5)[nH]4)c3)C2)CC(C)(C)N1. The second-order valence-electron chi connectivity index (χ2n) is 12.4. The Morgan fingerprint density at radius 3 is 2.49 bits per heavy atom. The van der Waals surface area contributed by atoms with Gasteiger partial charge in [-0.15, -0.1) is 0 Å². The summed E-state index contributed by atoms with van der Waals surface area (Å²) in [6, 6.07) is 23.6. The molecule has 1 fully saturated rings. The molecule has 6 rings (SSSR count). The molecular weight excluding hydrogens is 502 g/mol. The quantitative estimate of drug-likeness (QED) is 0.242. The van der Waals surface area contributed by atoms with Gasteiger partial charge in [-0.2, -0.15) is 0 Å². The topological polar surface area (TPSA) is 56.0 Å².